The highest BCUT2D eigenvalue weighted by atomic mass is 35.5. The molecule has 0 aliphatic carbocycles. The molecule has 132 valence electrons. The van der Waals surface area contributed by atoms with Gasteiger partial charge in [0, 0.05) is 34.2 Å². The van der Waals surface area contributed by atoms with E-state index in [-0.39, 0.29) is 11.9 Å². The summed E-state index contributed by atoms with van der Waals surface area (Å²) in [6.45, 7) is 1.54. The maximum absolute atomic E-state index is 12.5. The van der Waals surface area contributed by atoms with Crippen LogP contribution < -0.4 is 10.2 Å². The zero-order valence-electron chi connectivity index (χ0n) is 14.2. The molecule has 0 fully saturated rings. The van der Waals surface area contributed by atoms with Crippen molar-refractivity contribution in [3.05, 3.63) is 87.1 Å². The molecule has 2 heterocycles. The number of thiophene rings is 1. The number of hydrogen-bond donors (Lipinski definition) is 1. The molecule has 1 amide bonds. The normalized spacial score (nSPS) is 14.1. The highest BCUT2D eigenvalue weighted by Crippen LogP contribution is 2.36. The van der Waals surface area contributed by atoms with E-state index in [1.54, 1.807) is 35.6 Å². The summed E-state index contributed by atoms with van der Waals surface area (Å²) in [6, 6.07) is 19.9. The average Bonchev–Trinajstić information content (AvgIpc) is 3.33. The third kappa shape index (κ3) is 3.48. The molecule has 3 nitrogen and oxygen atoms in total. The predicted octanol–water partition coefficient (Wildman–Crippen LogP) is 4.94. The lowest BCUT2D eigenvalue weighted by molar-refractivity contribution is 0.0951. The number of benzene rings is 2. The Labute approximate surface area is 162 Å². The predicted molar refractivity (Wildman–Crippen MR) is 108 cm³/mol. The van der Waals surface area contributed by atoms with E-state index in [0.717, 1.165) is 13.0 Å². The van der Waals surface area contributed by atoms with E-state index >= 15 is 0 Å². The number of carbonyl (C=O) groups excluding carboxylic acids is 1. The minimum atomic E-state index is -0.0734. The maximum Gasteiger partial charge on any atom is 0.251 e. The highest BCUT2D eigenvalue weighted by molar-refractivity contribution is 7.10. The van der Waals surface area contributed by atoms with Crippen LogP contribution in [0.5, 0.6) is 0 Å². The molecule has 1 N–H and O–H groups in total. The summed E-state index contributed by atoms with van der Waals surface area (Å²) in [6.07, 6.45) is 1.04. The van der Waals surface area contributed by atoms with Crippen molar-refractivity contribution >= 4 is 34.5 Å². The number of para-hydroxylation sites is 1. The van der Waals surface area contributed by atoms with Crippen molar-refractivity contribution in [1.29, 1.82) is 0 Å². The topological polar surface area (TPSA) is 32.3 Å². The molecule has 0 saturated carbocycles. The van der Waals surface area contributed by atoms with E-state index in [0.29, 0.717) is 17.1 Å². The van der Waals surface area contributed by atoms with Crippen LogP contribution in [0.25, 0.3) is 0 Å². The molecule has 1 atom stereocenters. The van der Waals surface area contributed by atoms with Crippen LogP contribution in [0.1, 0.15) is 26.8 Å². The van der Waals surface area contributed by atoms with Crippen LogP contribution in [-0.4, -0.2) is 19.0 Å². The molecule has 0 spiro atoms. The van der Waals surface area contributed by atoms with E-state index < -0.39 is 0 Å². The molecule has 5 heteroatoms. The zero-order chi connectivity index (χ0) is 17.9. The number of halogens is 1. The summed E-state index contributed by atoms with van der Waals surface area (Å²) in [5.41, 5.74) is 3.27. The lowest BCUT2D eigenvalue weighted by Crippen LogP contribution is -2.37. The fraction of sp³-hybridized carbons (Fsp3) is 0.190. The Morgan fingerprint density at radius 3 is 2.69 bits per heavy atom. The maximum atomic E-state index is 12.5. The van der Waals surface area contributed by atoms with Crippen LogP contribution in [0.2, 0.25) is 5.02 Å². The summed E-state index contributed by atoms with van der Waals surface area (Å²) < 4.78 is 0. The van der Waals surface area contributed by atoms with Crippen molar-refractivity contribution in [3.63, 3.8) is 0 Å². The minimum Gasteiger partial charge on any atom is -0.361 e. The molecule has 0 radical (unpaired) electrons. The summed E-state index contributed by atoms with van der Waals surface area (Å²) in [7, 11) is 0. The van der Waals surface area contributed by atoms with Crippen LogP contribution in [0.15, 0.2) is 66.0 Å². The van der Waals surface area contributed by atoms with E-state index in [9.17, 15) is 4.79 Å². The van der Waals surface area contributed by atoms with E-state index in [2.05, 4.69) is 52.0 Å². The van der Waals surface area contributed by atoms with Crippen molar-refractivity contribution in [3.8, 4) is 0 Å². The average molecular weight is 383 g/mol. The Morgan fingerprint density at radius 2 is 1.92 bits per heavy atom. The number of amides is 1. The highest BCUT2D eigenvalue weighted by Gasteiger charge is 2.28. The van der Waals surface area contributed by atoms with Gasteiger partial charge in [0.2, 0.25) is 0 Å². The van der Waals surface area contributed by atoms with Gasteiger partial charge in [0.05, 0.1) is 6.04 Å². The Bertz CT molecular complexity index is 893. The third-order valence-electron chi connectivity index (χ3n) is 4.73. The van der Waals surface area contributed by atoms with Gasteiger partial charge in [-0.15, -0.1) is 11.3 Å². The molecule has 1 aromatic heterocycles. The van der Waals surface area contributed by atoms with Crippen molar-refractivity contribution in [2.45, 2.75) is 12.5 Å². The minimum absolute atomic E-state index is 0.0734. The molecule has 2 aromatic carbocycles. The van der Waals surface area contributed by atoms with Gasteiger partial charge in [-0.2, -0.15) is 0 Å². The van der Waals surface area contributed by atoms with Crippen molar-refractivity contribution in [1.82, 2.24) is 5.32 Å². The number of nitrogens with zero attached hydrogens (tertiary/aromatic N) is 1. The fourth-order valence-electron chi connectivity index (χ4n) is 3.43. The Morgan fingerprint density at radius 1 is 1.12 bits per heavy atom. The molecule has 1 aliphatic heterocycles. The summed E-state index contributed by atoms with van der Waals surface area (Å²) in [4.78, 5) is 16.2. The first-order chi connectivity index (χ1) is 12.7. The van der Waals surface area contributed by atoms with E-state index in [4.69, 9.17) is 11.6 Å². The van der Waals surface area contributed by atoms with Gasteiger partial charge in [-0.1, -0.05) is 35.9 Å². The van der Waals surface area contributed by atoms with Gasteiger partial charge < -0.3 is 10.2 Å². The number of nitrogens with one attached hydrogen (secondary N) is 1. The number of fused-ring (bicyclic) bond motifs is 1. The Balaban J connectivity index is 1.54. The fourth-order valence-corrected chi connectivity index (χ4v) is 4.39. The first-order valence-electron chi connectivity index (χ1n) is 8.64. The molecule has 26 heavy (non-hydrogen) atoms. The van der Waals surface area contributed by atoms with Gasteiger partial charge in [0.25, 0.3) is 5.91 Å². The first-order valence-corrected chi connectivity index (χ1v) is 9.90. The monoisotopic (exact) mass is 382 g/mol. The first kappa shape index (κ1) is 17.1. The van der Waals surface area contributed by atoms with Crippen LogP contribution in [-0.2, 0) is 6.42 Å². The number of anilines is 1. The quantitative estimate of drug-likeness (QED) is 0.678. The Hall–Kier alpha value is -2.30. The van der Waals surface area contributed by atoms with Gasteiger partial charge in [-0.3, -0.25) is 4.79 Å². The van der Waals surface area contributed by atoms with Gasteiger partial charge >= 0.3 is 0 Å². The second-order valence-electron chi connectivity index (χ2n) is 6.32. The SMILES string of the molecule is O=C(NC[C@H](c1cccs1)N1CCc2ccccc21)c1ccc(Cl)cc1. The van der Waals surface area contributed by atoms with Gasteiger partial charge in [-0.05, 0) is 53.8 Å². The molecular formula is C21H19ClN2OS. The molecule has 0 bridgehead atoms. The smallest absolute Gasteiger partial charge is 0.251 e. The lowest BCUT2D eigenvalue weighted by atomic mass is 10.1. The largest absolute Gasteiger partial charge is 0.361 e. The summed E-state index contributed by atoms with van der Waals surface area (Å²) in [5.74, 6) is -0.0734. The van der Waals surface area contributed by atoms with Gasteiger partial charge in [0.1, 0.15) is 0 Å². The van der Waals surface area contributed by atoms with E-state index in [1.807, 2.05) is 0 Å². The van der Waals surface area contributed by atoms with Crippen molar-refractivity contribution < 1.29 is 4.79 Å². The third-order valence-corrected chi connectivity index (χ3v) is 5.96. The van der Waals surface area contributed by atoms with Crippen LogP contribution in [0, 0.1) is 0 Å². The van der Waals surface area contributed by atoms with Crippen LogP contribution in [0.4, 0.5) is 5.69 Å². The Kier molecular flexibility index (Phi) is 4.96. The second kappa shape index (κ2) is 7.52. The van der Waals surface area contributed by atoms with Crippen LogP contribution >= 0.6 is 22.9 Å². The molecule has 0 unspecified atom stereocenters. The second-order valence-corrected chi connectivity index (χ2v) is 7.74. The van der Waals surface area contributed by atoms with Crippen molar-refractivity contribution in [2.75, 3.05) is 18.0 Å². The van der Waals surface area contributed by atoms with E-state index in [1.165, 1.54) is 16.1 Å². The van der Waals surface area contributed by atoms with Gasteiger partial charge in [-0.25, -0.2) is 0 Å². The number of rotatable bonds is 5. The van der Waals surface area contributed by atoms with Crippen LogP contribution in [0.3, 0.4) is 0 Å². The summed E-state index contributed by atoms with van der Waals surface area (Å²) >= 11 is 7.64. The number of hydrogen-bond acceptors (Lipinski definition) is 3. The molecule has 0 saturated heterocycles. The zero-order valence-corrected chi connectivity index (χ0v) is 15.8. The molecular weight excluding hydrogens is 364 g/mol. The molecule has 4 rings (SSSR count). The standard InChI is InChI=1S/C21H19ClN2OS/c22-17-9-7-16(8-10-17)21(25)23-14-19(20-6-3-13-26-20)24-12-11-15-4-1-2-5-18(15)24/h1-10,13,19H,11-12,14H2,(H,23,25)/t19-/m1/s1. The van der Waals surface area contributed by atoms with Crippen molar-refractivity contribution in [2.24, 2.45) is 0 Å². The lowest BCUT2D eigenvalue weighted by Gasteiger charge is -2.30. The molecule has 3 aromatic rings. The number of carbonyl (C=O) groups is 1. The molecule has 1 aliphatic rings. The summed E-state index contributed by atoms with van der Waals surface area (Å²) in [5, 5.41) is 5.82. The van der Waals surface area contributed by atoms with Gasteiger partial charge in [0.15, 0.2) is 0 Å².